The normalized spacial score (nSPS) is 18.6. The summed E-state index contributed by atoms with van der Waals surface area (Å²) in [6.45, 7) is 9.44. The number of allylic oxidation sites excluding steroid dienone is 1. The van der Waals surface area contributed by atoms with Crippen LogP contribution in [0.2, 0.25) is 0 Å². The zero-order chi connectivity index (χ0) is 13.9. The van der Waals surface area contributed by atoms with Gasteiger partial charge in [-0.05, 0) is 19.3 Å². The third-order valence-electron chi connectivity index (χ3n) is 3.53. The first-order valence-electron chi connectivity index (χ1n) is 6.19. The largest absolute Gasteiger partial charge is 0.328 e. The van der Waals surface area contributed by atoms with Crippen LogP contribution in [0, 0.1) is 11.3 Å². The molecule has 100 valence electrons. The minimum atomic E-state index is -1.21. The molecule has 5 heteroatoms. The number of carbonyl (C=O) groups is 3. The number of nitrogens with one attached hydrogen (secondary N) is 2. The predicted molar refractivity (Wildman–Crippen MR) is 67.6 cm³/mol. The molecule has 1 heterocycles. The smallest absolute Gasteiger partial charge is 0.277 e. The summed E-state index contributed by atoms with van der Waals surface area (Å²) in [6.07, 6.45) is 1.65. The molecular weight excluding hydrogens is 232 g/mol. The van der Waals surface area contributed by atoms with E-state index < -0.39 is 23.3 Å². The van der Waals surface area contributed by atoms with Gasteiger partial charge in [0, 0.05) is 0 Å². The number of carbonyl (C=O) groups excluding carboxylic acids is 3. The van der Waals surface area contributed by atoms with Crippen molar-refractivity contribution >= 4 is 17.8 Å². The van der Waals surface area contributed by atoms with E-state index in [0.29, 0.717) is 12.8 Å². The SMILES string of the molecule is C=C(C)CC1(C(CC)CC)C(=O)NC(=O)NC1=O. The molecule has 5 nitrogen and oxygen atoms in total. The van der Waals surface area contributed by atoms with Crippen molar-refractivity contribution in [3.8, 4) is 0 Å². The van der Waals surface area contributed by atoms with Crippen LogP contribution < -0.4 is 10.6 Å². The lowest BCUT2D eigenvalue weighted by molar-refractivity contribution is -0.148. The molecule has 0 aliphatic carbocycles. The van der Waals surface area contributed by atoms with Gasteiger partial charge in [-0.1, -0.05) is 32.3 Å². The van der Waals surface area contributed by atoms with Gasteiger partial charge < -0.3 is 0 Å². The summed E-state index contributed by atoms with van der Waals surface area (Å²) in [5.41, 5.74) is -0.454. The Balaban J connectivity index is 3.25. The molecule has 0 atom stereocenters. The minimum absolute atomic E-state index is 0.109. The first-order chi connectivity index (χ1) is 8.38. The summed E-state index contributed by atoms with van der Waals surface area (Å²) in [5, 5.41) is 4.41. The second-order valence-corrected chi connectivity index (χ2v) is 4.86. The van der Waals surface area contributed by atoms with E-state index in [1.165, 1.54) is 0 Å². The molecular formula is C13H20N2O3. The topological polar surface area (TPSA) is 75.3 Å². The zero-order valence-electron chi connectivity index (χ0n) is 11.1. The molecule has 0 spiro atoms. The second-order valence-electron chi connectivity index (χ2n) is 4.86. The van der Waals surface area contributed by atoms with E-state index in [1.807, 2.05) is 13.8 Å². The maximum Gasteiger partial charge on any atom is 0.328 e. The van der Waals surface area contributed by atoms with Crippen LogP contribution in [0.5, 0.6) is 0 Å². The molecule has 0 aromatic rings. The highest BCUT2D eigenvalue weighted by atomic mass is 16.2. The first kappa shape index (κ1) is 14.4. The number of urea groups is 1. The van der Waals surface area contributed by atoms with Gasteiger partial charge in [0.1, 0.15) is 5.41 Å². The summed E-state index contributed by atoms with van der Waals surface area (Å²) >= 11 is 0. The minimum Gasteiger partial charge on any atom is -0.277 e. The van der Waals surface area contributed by atoms with Crippen LogP contribution in [-0.2, 0) is 9.59 Å². The summed E-state index contributed by atoms with van der Waals surface area (Å²) in [5.74, 6) is -1.12. The van der Waals surface area contributed by atoms with Gasteiger partial charge in [-0.25, -0.2) is 4.79 Å². The van der Waals surface area contributed by atoms with Gasteiger partial charge in [0.05, 0.1) is 0 Å². The van der Waals surface area contributed by atoms with Crippen LogP contribution in [0.25, 0.3) is 0 Å². The summed E-state index contributed by atoms with van der Waals surface area (Å²) in [4.78, 5) is 35.6. The Morgan fingerprint density at radius 1 is 1.17 bits per heavy atom. The number of hydrogen-bond donors (Lipinski definition) is 2. The molecule has 1 aliphatic heterocycles. The fourth-order valence-corrected chi connectivity index (χ4v) is 2.70. The number of imide groups is 2. The van der Waals surface area contributed by atoms with Crippen LogP contribution in [0.4, 0.5) is 4.79 Å². The lowest BCUT2D eigenvalue weighted by Crippen LogP contribution is -2.64. The molecule has 0 radical (unpaired) electrons. The highest BCUT2D eigenvalue weighted by Gasteiger charge is 2.53. The second kappa shape index (κ2) is 5.33. The van der Waals surface area contributed by atoms with Gasteiger partial charge in [-0.2, -0.15) is 0 Å². The molecule has 1 rings (SSSR count). The Morgan fingerprint density at radius 2 is 1.61 bits per heavy atom. The van der Waals surface area contributed by atoms with E-state index >= 15 is 0 Å². The van der Waals surface area contributed by atoms with Crippen molar-refractivity contribution in [3.63, 3.8) is 0 Å². The van der Waals surface area contributed by atoms with E-state index in [-0.39, 0.29) is 12.3 Å². The zero-order valence-corrected chi connectivity index (χ0v) is 11.1. The van der Waals surface area contributed by atoms with Crippen LogP contribution >= 0.6 is 0 Å². The Morgan fingerprint density at radius 3 is 1.94 bits per heavy atom. The molecule has 1 aliphatic rings. The third-order valence-corrected chi connectivity index (χ3v) is 3.53. The highest BCUT2D eigenvalue weighted by molar-refractivity contribution is 6.19. The Bertz CT molecular complexity index is 377. The van der Waals surface area contributed by atoms with Gasteiger partial charge >= 0.3 is 6.03 Å². The van der Waals surface area contributed by atoms with Gasteiger partial charge in [0.15, 0.2) is 0 Å². The molecule has 1 fully saturated rings. The van der Waals surface area contributed by atoms with E-state index in [1.54, 1.807) is 6.92 Å². The fourth-order valence-electron chi connectivity index (χ4n) is 2.70. The molecule has 0 aromatic heterocycles. The van der Waals surface area contributed by atoms with Crippen molar-refractivity contribution in [1.82, 2.24) is 10.6 Å². The van der Waals surface area contributed by atoms with Crippen molar-refractivity contribution in [3.05, 3.63) is 12.2 Å². The van der Waals surface area contributed by atoms with Gasteiger partial charge in [-0.3, -0.25) is 20.2 Å². The first-order valence-corrected chi connectivity index (χ1v) is 6.19. The monoisotopic (exact) mass is 252 g/mol. The summed E-state index contributed by atoms with van der Waals surface area (Å²) < 4.78 is 0. The number of rotatable bonds is 5. The molecule has 0 saturated carbocycles. The Labute approximate surface area is 107 Å². The number of hydrogen-bond acceptors (Lipinski definition) is 3. The fraction of sp³-hybridized carbons (Fsp3) is 0.615. The lowest BCUT2D eigenvalue weighted by atomic mass is 9.67. The standard InChI is InChI=1S/C13H20N2O3/c1-5-9(6-2)13(7-8(3)4)10(16)14-12(18)15-11(13)17/h9H,3,5-7H2,1-2,4H3,(H2,14,15,16,17,18). The molecule has 4 amide bonds. The van der Waals surface area contributed by atoms with E-state index in [0.717, 1.165) is 5.57 Å². The van der Waals surface area contributed by atoms with Crippen molar-refractivity contribution < 1.29 is 14.4 Å². The van der Waals surface area contributed by atoms with Crippen LogP contribution in [0.15, 0.2) is 12.2 Å². The summed E-state index contributed by atoms with van der Waals surface area (Å²) in [7, 11) is 0. The summed E-state index contributed by atoms with van der Waals surface area (Å²) in [6, 6.07) is -0.742. The molecule has 0 aromatic carbocycles. The highest BCUT2D eigenvalue weighted by Crippen LogP contribution is 2.40. The van der Waals surface area contributed by atoms with Crippen LogP contribution in [-0.4, -0.2) is 17.8 Å². The van der Waals surface area contributed by atoms with Gasteiger partial charge in [-0.15, -0.1) is 6.58 Å². The molecule has 0 bridgehead atoms. The lowest BCUT2D eigenvalue weighted by Gasteiger charge is -2.39. The van der Waals surface area contributed by atoms with Crippen molar-refractivity contribution in [2.75, 3.05) is 0 Å². The number of barbiturate groups is 1. The average Bonchev–Trinajstić information content (AvgIpc) is 2.26. The maximum absolute atomic E-state index is 12.2. The Hall–Kier alpha value is -1.65. The Kier molecular flexibility index (Phi) is 4.27. The number of amides is 4. The van der Waals surface area contributed by atoms with Crippen molar-refractivity contribution in [2.24, 2.45) is 11.3 Å². The third kappa shape index (κ3) is 2.30. The quantitative estimate of drug-likeness (QED) is 0.578. The molecule has 2 N–H and O–H groups in total. The van der Waals surface area contributed by atoms with Crippen molar-refractivity contribution in [1.29, 1.82) is 0 Å². The van der Waals surface area contributed by atoms with E-state index in [4.69, 9.17) is 0 Å². The van der Waals surface area contributed by atoms with Gasteiger partial charge in [0.25, 0.3) is 0 Å². The average molecular weight is 252 g/mol. The predicted octanol–water partition coefficient (Wildman–Crippen LogP) is 1.74. The molecule has 18 heavy (non-hydrogen) atoms. The van der Waals surface area contributed by atoms with E-state index in [9.17, 15) is 14.4 Å². The van der Waals surface area contributed by atoms with E-state index in [2.05, 4.69) is 17.2 Å². The molecule has 1 saturated heterocycles. The molecule has 0 unspecified atom stereocenters. The van der Waals surface area contributed by atoms with Gasteiger partial charge in [0.2, 0.25) is 11.8 Å². The maximum atomic E-state index is 12.2. The van der Waals surface area contributed by atoms with Crippen LogP contribution in [0.1, 0.15) is 40.0 Å². The van der Waals surface area contributed by atoms with Crippen molar-refractivity contribution in [2.45, 2.75) is 40.0 Å². The van der Waals surface area contributed by atoms with Crippen LogP contribution in [0.3, 0.4) is 0 Å².